The number of nitrogens with zero attached hydrogens (tertiary/aromatic N) is 1. The Bertz CT molecular complexity index is 483. The third-order valence-corrected chi connectivity index (χ3v) is 1.88. The number of carbonyl (C=O) groups excluding carboxylic acids is 1. The number of methoxy groups -OCH3 is 1. The molecule has 0 saturated heterocycles. The van der Waals surface area contributed by atoms with Crippen LogP contribution in [0.5, 0.6) is 5.75 Å². The van der Waals surface area contributed by atoms with E-state index in [0.29, 0.717) is 0 Å². The van der Waals surface area contributed by atoms with Gasteiger partial charge in [0.2, 0.25) is 0 Å². The first-order valence-electron chi connectivity index (χ1n) is 4.36. The van der Waals surface area contributed by atoms with E-state index in [1.165, 1.54) is 0 Å². The molecule has 1 rings (SSSR count). The fraction of sp³-hybridized carbons (Fsp3) is 0.200. The van der Waals surface area contributed by atoms with Gasteiger partial charge < -0.3 is 15.2 Å². The summed E-state index contributed by atoms with van der Waals surface area (Å²) >= 11 is 0. The minimum absolute atomic E-state index is 0.133. The van der Waals surface area contributed by atoms with E-state index in [-0.39, 0.29) is 22.6 Å². The average Bonchev–Trinajstić information content (AvgIpc) is 2.26. The normalized spacial score (nSPS) is 9.82. The number of rotatable bonds is 3. The fourth-order valence-electron chi connectivity index (χ4n) is 1.20. The van der Waals surface area contributed by atoms with Crippen LogP contribution < -0.4 is 10.5 Å². The average molecular weight is 242 g/mol. The van der Waals surface area contributed by atoms with Crippen LogP contribution in [0.2, 0.25) is 0 Å². The highest BCUT2D eigenvalue weighted by atomic mass is 19.3. The second-order valence-electron chi connectivity index (χ2n) is 2.92. The zero-order valence-electron chi connectivity index (χ0n) is 8.74. The Morgan fingerprint density at radius 2 is 2.18 bits per heavy atom. The van der Waals surface area contributed by atoms with Crippen molar-refractivity contribution in [2.24, 2.45) is 0 Å². The number of halogens is 2. The summed E-state index contributed by atoms with van der Waals surface area (Å²) < 4.78 is 32.5. The number of nitriles is 1. The van der Waals surface area contributed by atoms with Gasteiger partial charge in [0.25, 0.3) is 0 Å². The summed E-state index contributed by atoms with van der Waals surface area (Å²) in [7, 11) is 1.10. The first-order valence-corrected chi connectivity index (χ1v) is 4.36. The maximum Gasteiger partial charge on any atom is 0.387 e. The van der Waals surface area contributed by atoms with Crippen LogP contribution in [0.4, 0.5) is 14.5 Å². The molecule has 90 valence electrons. The van der Waals surface area contributed by atoms with Crippen molar-refractivity contribution in [1.82, 2.24) is 0 Å². The van der Waals surface area contributed by atoms with Crippen molar-refractivity contribution in [1.29, 1.82) is 5.26 Å². The van der Waals surface area contributed by atoms with E-state index in [4.69, 9.17) is 11.0 Å². The Labute approximate surface area is 95.3 Å². The van der Waals surface area contributed by atoms with E-state index in [1.54, 1.807) is 6.07 Å². The first kappa shape index (κ1) is 12.7. The Balaban J connectivity index is 3.29. The molecule has 0 amide bonds. The predicted octanol–water partition coefficient (Wildman–Crippen LogP) is 1.53. The van der Waals surface area contributed by atoms with Crippen LogP contribution in [-0.4, -0.2) is 19.7 Å². The number of nitrogen functional groups attached to an aromatic ring is 1. The molecule has 0 aliphatic heterocycles. The van der Waals surface area contributed by atoms with Crippen molar-refractivity contribution < 1.29 is 23.0 Å². The van der Waals surface area contributed by atoms with Gasteiger partial charge in [-0.2, -0.15) is 14.0 Å². The lowest BCUT2D eigenvalue weighted by molar-refractivity contribution is -0.0498. The number of carbonyl (C=O) groups is 1. The van der Waals surface area contributed by atoms with Gasteiger partial charge in [-0.05, 0) is 6.07 Å². The van der Waals surface area contributed by atoms with Gasteiger partial charge >= 0.3 is 12.6 Å². The molecule has 7 heteroatoms. The fourth-order valence-corrected chi connectivity index (χ4v) is 1.20. The van der Waals surface area contributed by atoms with E-state index < -0.39 is 12.6 Å². The van der Waals surface area contributed by atoms with Gasteiger partial charge in [0.15, 0.2) is 0 Å². The van der Waals surface area contributed by atoms with E-state index in [0.717, 1.165) is 19.2 Å². The second kappa shape index (κ2) is 5.12. The molecule has 0 heterocycles. The molecule has 1 aromatic rings. The topological polar surface area (TPSA) is 85.3 Å². The summed E-state index contributed by atoms with van der Waals surface area (Å²) in [6, 6.07) is 3.71. The number of anilines is 1. The molecule has 17 heavy (non-hydrogen) atoms. The van der Waals surface area contributed by atoms with Crippen molar-refractivity contribution in [3.8, 4) is 11.8 Å². The minimum atomic E-state index is -3.05. The molecule has 0 bridgehead atoms. The Kier molecular flexibility index (Phi) is 3.82. The van der Waals surface area contributed by atoms with E-state index in [2.05, 4.69) is 9.47 Å². The molecule has 0 saturated carbocycles. The number of hydrogen-bond acceptors (Lipinski definition) is 5. The summed E-state index contributed by atoms with van der Waals surface area (Å²) in [6.45, 7) is -3.05. The molecule has 0 radical (unpaired) electrons. The van der Waals surface area contributed by atoms with Crippen molar-refractivity contribution in [3.05, 3.63) is 23.3 Å². The van der Waals surface area contributed by atoms with Crippen LogP contribution in [0.15, 0.2) is 12.1 Å². The maximum absolute atomic E-state index is 12.0. The van der Waals surface area contributed by atoms with Gasteiger partial charge in [-0.1, -0.05) is 0 Å². The molecular weight excluding hydrogens is 234 g/mol. The number of benzene rings is 1. The van der Waals surface area contributed by atoms with Crippen molar-refractivity contribution in [3.63, 3.8) is 0 Å². The van der Waals surface area contributed by atoms with Gasteiger partial charge in [0, 0.05) is 6.07 Å². The van der Waals surface area contributed by atoms with Gasteiger partial charge in [-0.15, -0.1) is 0 Å². The molecular formula is C10H8F2N2O3. The lowest BCUT2D eigenvalue weighted by Gasteiger charge is -2.09. The van der Waals surface area contributed by atoms with Crippen molar-refractivity contribution in [2.75, 3.05) is 12.8 Å². The molecule has 1 aromatic carbocycles. The molecule has 0 fully saturated rings. The summed E-state index contributed by atoms with van der Waals surface area (Å²) in [4.78, 5) is 11.3. The number of alkyl halides is 2. The zero-order valence-corrected chi connectivity index (χ0v) is 8.74. The number of ether oxygens (including phenoxy) is 2. The first-order chi connectivity index (χ1) is 7.99. The molecule has 0 spiro atoms. The van der Waals surface area contributed by atoms with Gasteiger partial charge in [0.1, 0.15) is 11.8 Å². The van der Waals surface area contributed by atoms with Crippen LogP contribution >= 0.6 is 0 Å². The summed E-state index contributed by atoms with van der Waals surface area (Å²) in [5, 5.41) is 8.79. The molecule has 0 aliphatic carbocycles. The smallest absolute Gasteiger partial charge is 0.387 e. The van der Waals surface area contributed by atoms with E-state index in [9.17, 15) is 13.6 Å². The lowest BCUT2D eigenvalue weighted by atomic mass is 10.1. The molecule has 2 N–H and O–H groups in total. The van der Waals surface area contributed by atoms with Gasteiger partial charge in [-0.3, -0.25) is 0 Å². The predicted molar refractivity (Wildman–Crippen MR) is 53.5 cm³/mol. The van der Waals surface area contributed by atoms with Crippen molar-refractivity contribution in [2.45, 2.75) is 6.61 Å². The molecule has 5 nitrogen and oxygen atoms in total. The second-order valence-corrected chi connectivity index (χ2v) is 2.92. The number of hydrogen-bond donors (Lipinski definition) is 1. The molecule has 0 atom stereocenters. The molecule has 0 aromatic heterocycles. The van der Waals surface area contributed by atoms with Crippen molar-refractivity contribution >= 4 is 11.7 Å². The number of nitrogens with two attached hydrogens (primary N) is 1. The van der Waals surface area contributed by atoms with Crippen LogP contribution in [0.25, 0.3) is 0 Å². The summed E-state index contributed by atoms with van der Waals surface area (Å²) in [5.74, 6) is -1.16. The largest absolute Gasteiger partial charge is 0.465 e. The SMILES string of the molecule is COC(=O)c1cc(OC(F)F)cc(N)c1C#N. The Morgan fingerprint density at radius 3 is 2.65 bits per heavy atom. The highest BCUT2D eigenvalue weighted by Gasteiger charge is 2.18. The standard InChI is InChI=1S/C10H8F2N2O3/c1-16-9(15)6-2-5(17-10(11)12)3-8(14)7(6)4-13/h2-3,10H,14H2,1H3. The third-order valence-electron chi connectivity index (χ3n) is 1.88. The van der Waals surface area contributed by atoms with Crippen LogP contribution in [0.3, 0.4) is 0 Å². The highest BCUT2D eigenvalue weighted by Crippen LogP contribution is 2.26. The molecule has 0 aliphatic rings. The van der Waals surface area contributed by atoms with Gasteiger partial charge in [-0.25, -0.2) is 4.79 Å². The molecule has 0 unspecified atom stereocenters. The summed E-state index contributed by atoms with van der Waals surface area (Å²) in [5.41, 5.74) is 4.96. The Hall–Kier alpha value is -2.36. The highest BCUT2D eigenvalue weighted by molar-refractivity contribution is 5.94. The maximum atomic E-state index is 12.0. The summed E-state index contributed by atoms with van der Waals surface area (Å²) in [6.07, 6.45) is 0. The van der Waals surface area contributed by atoms with E-state index >= 15 is 0 Å². The zero-order chi connectivity index (χ0) is 13.0. The van der Waals surface area contributed by atoms with Crippen LogP contribution in [0, 0.1) is 11.3 Å². The Morgan fingerprint density at radius 1 is 1.53 bits per heavy atom. The van der Waals surface area contributed by atoms with E-state index in [1.807, 2.05) is 0 Å². The monoisotopic (exact) mass is 242 g/mol. The van der Waals surface area contributed by atoms with Crippen LogP contribution in [-0.2, 0) is 4.74 Å². The van der Waals surface area contributed by atoms with Gasteiger partial charge in [0.05, 0.1) is 23.9 Å². The van der Waals surface area contributed by atoms with Crippen LogP contribution in [0.1, 0.15) is 15.9 Å². The quantitative estimate of drug-likeness (QED) is 0.641. The number of esters is 1. The minimum Gasteiger partial charge on any atom is -0.465 e. The third kappa shape index (κ3) is 2.81. The lowest BCUT2D eigenvalue weighted by Crippen LogP contribution is -2.09.